The quantitative estimate of drug-likeness (QED) is 0.701. The summed E-state index contributed by atoms with van der Waals surface area (Å²) in [5, 5.41) is 13.8. The fourth-order valence-corrected chi connectivity index (χ4v) is 2.36. The number of aliphatic hydroxyl groups is 1. The Kier molecular flexibility index (Phi) is 3.25. The van der Waals surface area contributed by atoms with Crippen molar-refractivity contribution in [2.45, 2.75) is 51.5 Å². The van der Waals surface area contributed by atoms with Crippen molar-refractivity contribution in [2.75, 3.05) is 5.73 Å². The highest BCUT2D eigenvalue weighted by atomic mass is 16.5. The van der Waals surface area contributed by atoms with Crippen LogP contribution in [-0.4, -0.2) is 22.9 Å². The van der Waals surface area contributed by atoms with Crippen LogP contribution in [0, 0.1) is 0 Å². The van der Waals surface area contributed by atoms with Crippen molar-refractivity contribution in [3.05, 3.63) is 23.8 Å². The Balaban J connectivity index is 2.46. The van der Waals surface area contributed by atoms with Gasteiger partial charge in [0.25, 0.3) is 0 Å². The van der Waals surface area contributed by atoms with Gasteiger partial charge in [0, 0.05) is 17.3 Å². The van der Waals surface area contributed by atoms with E-state index in [9.17, 15) is 5.11 Å². The van der Waals surface area contributed by atoms with Gasteiger partial charge in [0.15, 0.2) is 0 Å². The first-order chi connectivity index (χ1) is 8.31. The summed E-state index contributed by atoms with van der Waals surface area (Å²) in [6, 6.07) is 5.67. The molecule has 0 radical (unpaired) electrons. The zero-order valence-corrected chi connectivity index (χ0v) is 11.4. The van der Waals surface area contributed by atoms with Gasteiger partial charge < -0.3 is 20.9 Å². The van der Waals surface area contributed by atoms with Crippen LogP contribution in [0.25, 0.3) is 0 Å². The van der Waals surface area contributed by atoms with Gasteiger partial charge in [-0.15, -0.1) is 0 Å². The van der Waals surface area contributed by atoms with Gasteiger partial charge in [-0.05, 0) is 32.0 Å². The maximum atomic E-state index is 10.5. The minimum atomic E-state index is -0.616. The Morgan fingerprint density at radius 1 is 1.39 bits per heavy atom. The van der Waals surface area contributed by atoms with Crippen LogP contribution in [0.2, 0.25) is 0 Å². The number of nitrogen functional groups attached to an aromatic ring is 1. The van der Waals surface area contributed by atoms with Gasteiger partial charge in [0.2, 0.25) is 0 Å². The van der Waals surface area contributed by atoms with Crippen LogP contribution >= 0.6 is 0 Å². The van der Waals surface area contributed by atoms with Crippen molar-refractivity contribution in [1.29, 1.82) is 0 Å². The summed E-state index contributed by atoms with van der Waals surface area (Å²) < 4.78 is 5.85. The lowest BCUT2D eigenvalue weighted by Gasteiger charge is -2.43. The first-order valence-corrected chi connectivity index (χ1v) is 6.34. The summed E-state index contributed by atoms with van der Waals surface area (Å²) in [7, 11) is 0. The first-order valence-electron chi connectivity index (χ1n) is 6.34. The number of aliphatic hydroxyl groups excluding tert-OH is 1. The maximum Gasteiger partial charge on any atom is 0.131 e. The Bertz CT molecular complexity index is 443. The molecule has 18 heavy (non-hydrogen) atoms. The van der Waals surface area contributed by atoms with E-state index in [4.69, 9.17) is 10.5 Å². The molecule has 1 aromatic rings. The number of nitrogens with two attached hydrogens (primary N) is 1. The zero-order chi connectivity index (χ0) is 13.5. The topological polar surface area (TPSA) is 67.5 Å². The molecule has 4 nitrogen and oxygen atoms in total. The third kappa shape index (κ3) is 2.31. The van der Waals surface area contributed by atoms with Crippen LogP contribution in [0.5, 0.6) is 5.75 Å². The summed E-state index contributed by atoms with van der Waals surface area (Å²) in [4.78, 5) is 0. The van der Waals surface area contributed by atoms with Crippen LogP contribution in [0.1, 0.15) is 39.3 Å². The Morgan fingerprint density at radius 2 is 2.06 bits per heavy atom. The van der Waals surface area contributed by atoms with E-state index in [-0.39, 0.29) is 12.1 Å². The van der Waals surface area contributed by atoms with Crippen molar-refractivity contribution < 1.29 is 9.84 Å². The molecule has 0 amide bonds. The SMILES string of the molecule is CC(C)NC1c2cc(N)ccc2OC(C)(C)C1O. The summed E-state index contributed by atoms with van der Waals surface area (Å²) in [5.74, 6) is 0.789. The van der Waals surface area contributed by atoms with Crippen molar-refractivity contribution >= 4 is 5.69 Å². The predicted octanol–water partition coefficient (Wildman–Crippen LogP) is 1.84. The third-order valence-electron chi connectivity index (χ3n) is 3.28. The Labute approximate surface area is 108 Å². The molecule has 4 N–H and O–H groups in total. The minimum absolute atomic E-state index is 0.160. The molecule has 100 valence electrons. The van der Waals surface area contributed by atoms with Crippen LogP contribution in [-0.2, 0) is 0 Å². The minimum Gasteiger partial charge on any atom is -0.485 e. The molecular formula is C14H22N2O2. The smallest absolute Gasteiger partial charge is 0.131 e. The van der Waals surface area contributed by atoms with E-state index in [1.54, 1.807) is 0 Å². The van der Waals surface area contributed by atoms with E-state index in [0.29, 0.717) is 5.69 Å². The second-order valence-corrected chi connectivity index (χ2v) is 5.75. The van der Waals surface area contributed by atoms with E-state index in [0.717, 1.165) is 11.3 Å². The number of benzene rings is 1. The Hall–Kier alpha value is -1.26. The molecule has 2 unspecified atom stereocenters. The fraction of sp³-hybridized carbons (Fsp3) is 0.571. The van der Waals surface area contributed by atoms with Crippen molar-refractivity contribution in [3.8, 4) is 5.75 Å². The molecule has 0 bridgehead atoms. The fourth-order valence-electron chi connectivity index (χ4n) is 2.36. The van der Waals surface area contributed by atoms with E-state index in [1.165, 1.54) is 0 Å². The maximum absolute atomic E-state index is 10.5. The van der Waals surface area contributed by atoms with Crippen molar-refractivity contribution in [1.82, 2.24) is 5.32 Å². The van der Waals surface area contributed by atoms with E-state index in [1.807, 2.05) is 32.0 Å². The molecule has 1 aliphatic heterocycles. The van der Waals surface area contributed by atoms with Gasteiger partial charge in [-0.1, -0.05) is 13.8 Å². The highest BCUT2D eigenvalue weighted by molar-refractivity contribution is 5.51. The van der Waals surface area contributed by atoms with Gasteiger partial charge in [0.05, 0.1) is 6.04 Å². The molecule has 2 rings (SSSR count). The van der Waals surface area contributed by atoms with Crippen molar-refractivity contribution in [3.63, 3.8) is 0 Å². The van der Waals surface area contributed by atoms with Gasteiger partial charge in [0.1, 0.15) is 17.5 Å². The monoisotopic (exact) mass is 250 g/mol. The molecule has 0 aromatic heterocycles. The average Bonchev–Trinajstić information content (AvgIpc) is 2.25. The average molecular weight is 250 g/mol. The van der Waals surface area contributed by atoms with Gasteiger partial charge in [-0.25, -0.2) is 0 Å². The standard InChI is InChI=1S/C14H22N2O2/c1-8(2)16-12-10-7-9(15)5-6-11(10)18-14(3,4)13(12)17/h5-8,12-13,16-17H,15H2,1-4H3. The molecule has 0 fully saturated rings. The molecule has 1 aliphatic rings. The molecule has 4 heteroatoms. The summed E-state index contributed by atoms with van der Waals surface area (Å²) >= 11 is 0. The molecule has 1 aromatic carbocycles. The van der Waals surface area contributed by atoms with E-state index in [2.05, 4.69) is 19.2 Å². The molecule has 0 saturated heterocycles. The number of hydrogen-bond donors (Lipinski definition) is 3. The van der Waals surface area contributed by atoms with Gasteiger partial charge >= 0.3 is 0 Å². The van der Waals surface area contributed by atoms with Crippen LogP contribution in [0.4, 0.5) is 5.69 Å². The number of ether oxygens (including phenoxy) is 1. The molecule has 2 atom stereocenters. The van der Waals surface area contributed by atoms with Crippen LogP contribution < -0.4 is 15.8 Å². The second-order valence-electron chi connectivity index (χ2n) is 5.75. The second kappa shape index (κ2) is 4.44. The largest absolute Gasteiger partial charge is 0.485 e. The molecule has 0 aliphatic carbocycles. The van der Waals surface area contributed by atoms with Crippen LogP contribution in [0.15, 0.2) is 18.2 Å². The lowest BCUT2D eigenvalue weighted by Crippen LogP contribution is -2.53. The zero-order valence-electron chi connectivity index (χ0n) is 11.4. The molecule has 1 heterocycles. The summed E-state index contributed by atoms with van der Waals surface area (Å²) in [5.41, 5.74) is 6.81. The molecule has 0 saturated carbocycles. The number of anilines is 1. The van der Waals surface area contributed by atoms with Crippen LogP contribution in [0.3, 0.4) is 0 Å². The van der Waals surface area contributed by atoms with E-state index >= 15 is 0 Å². The number of nitrogens with one attached hydrogen (secondary N) is 1. The highest BCUT2D eigenvalue weighted by Crippen LogP contribution is 2.40. The molecule has 0 spiro atoms. The highest BCUT2D eigenvalue weighted by Gasteiger charge is 2.42. The summed E-state index contributed by atoms with van der Waals surface area (Å²) in [6.45, 7) is 7.90. The molecular weight excluding hydrogens is 228 g/mol. The lowest BCUT2D eigenvalue weighted by atomic mass is 9.86. The predicted molar refractivity (Wildman–Crippen MR) is 72.6 cm³/mol. The number of rotatable bonds is 2. The Morgan fingerprint density at radius 3 is 2.67 bits per heavy atom. The lowest BCUT2D eigenvalue weighted by molar-refractivity contribution is -0.0658. The normalized spacial score (nSPS) is 25.7. The van der Waals surface area contributed by atoms with Gasteiger partial charge in [-0.3, -0.25) is 0 Å². The summed E-state index contributed by atoms with van der Waals surface area (Å²) in [6.07, 6.45) is -0.616. The number of hydrogen-bond acceptors (Lipinski definition) is 4. The van der Waals surface area contributed by atoms with Gasteiger partial charge in [-0.2, -0.15) is 0 Å². The first kappa shape index (κ1) is 13.2. The van der Waals surface area contributed by atoms with Crippen molar-refractivity contribution in [2.24, 2.45) is 0 Å². The van der Waals surface area contributed by atoms with E-state index < -0.39 is 11.7 Å². The third-order valence-corrected chi connectivity index (χ3v) is 3.28. The number of fused-ring (bicyclic) bond motifs is 1.